The third-order valence-corrected chi connectivity index (χ3v) is 2.66. The zero-order valence-electron chi connectivity index (χ0n) is 11.5. The molecule has 0 aliphatic heterocycles. The Labute approximate surface area is 109 Å². The lowest BCUT2D eigenvalue weighted by Gasteiger charge is -2.15. The number of hydrogen-bond donors (Lipinski definition) is 2. The van der Waals surface area contributed by atoms with Gasteiger partial charge >= 0.3 is 0 Å². The lowest BCUT2D eigenvalue weighted by molar-refractivity contribution is -0.121. The largest absolute Gasteiger partial charge is 0.497 e. The highest BCUT2D eigenvalue weighted by atomic mass is 16.5. The lowest BCUT2D eigenvalue weighted by Crippen LogP contribution is -2.37. The molecule has 0 radical (unpaired) electrons. The van der Waals surface area contributed by atoms with Crippen molar-refractivity contribution in [3.8, 4) is 5.75 Å². The highest BCUT2D eigenvalue weighted by Crippen LogP contribution is 2.16. The summed E-state index contributed by atoms with van der Waals surface area (Å²) >= 11 is 0. The minimum Gasteiger partial charge on any atom is -0.497 e. The molecule has 4 nitrogen and oxygen atoms in total. The van der Waals surface area contributed by atoms with Crippen LogP contribution in [0.15, 0.2) is 24.3 Å². The highest BCUT2D eigenvalue weighted by molar-refractivity contribution is 5.78. The summed E-state index contributed by atoms with van der Waals surface area (Å²) in [6, 6.07) is 8.01. The van der Waals surface area contributed by atoms with Crippen molar-refractivity contribution in [2.75, 3.05) is 13.7 Å². The van der Waals surface area contributed by atoms with Gasteiger partial charge in [-0.15, -0.1) is 0 Å². The van der Waals surface area contributed by atoms with Crippen molar-refractivity contribution in [3.05, 3.63) is 29.8 Å². The Hall–Kier alpha value is -1.55. The summed E-state index contributed by atoms with van der Waals surface area (Å²) in [7, 11) is 1.64. The van der Waals surface area contributed by atoms with Crippen molar-refractivity contribution < 1.29 is 9.53 Å². The van der Waals surface area contributed by atoms with E-state index in [-0.39, 0.29) is 11.9 Å². The number of carbonyl (C=O) groups excluding carboxylic acids is 1. The molecule has 1 atom stereocenters. The van der Waals surface area contributed by atoms with E-state index in [2.05, 4.69) is 10.6 Å². The van der Waals surface area contributed by atoms with Gasteiger partial charge in [0, 0.05) is 6.04 Å². The molecule has 2 N–H and O–H groups in total. The van der Waals surface area contributed by atoms with Crippen LogP contribution >= 0.6 is 0 Å². The zero-order chi connectivity index (χ0) is 13.5. The SMILES string of the molecule is COc1ccc([C@H](C)NC(=O)CNC(C)C)cc1. The van der Waals surface area contributed by atoms with Crippen LogP contribution in [-0.4, -0.2) is 25.6 Å². The average Bonchev–Trinajstić information content (AvgIpc) is 2.36. The van der Waals surface area contributed by atoms with E-state index in [1.54, 1.807) is 7.11 Å². The quantitative estimate of drug-likeness (QED) is 0.810. The number of hydrogen-bond acceptors (Lipinski definition) is 3. The van der Waals surface area contributed by atoms with Crippen LogP contribution in [0.25, 0.3) is 0 Å². The maximum atomic E-state index is 11.7. The molecular weight excluding hydrogens is 228 g/mol. The summed E-state index contributed by atoms with van der Waals surface area (Å²) in [5.41, 5.74) is 1.06. The van der Waals surface area contributed by atoms with Gasteiger partial charge in [-0.3, -0.25) is 4.79 Å². The molecule has 0 saturated carbocycles. The predicted molar refractivity (Wildman–Crippen MR) is 72.7 cm³/mol. The van der Waals surface area contributed by atoms with Gasteiger partial charge in [0.25, 0.3) is 0 Å². The van der Waals surface area contributed by atoms with Crippen LogP contribution in [-0.2, 0) is 4.79 Å². The second-order valence-corrected chi connectivity index (χ2v) is 4.60. The molecule has 0 spiro atoms. The average molecular weight is 250 g/mol. The molecule has 100 valence electrons. The normalized spacial score (nSPS) is 12.3. The molecule has 1 aromatic carbocycles. The van der Waals surface area contributed by atoms with Crippen LogP contribution in [0.1, 0.15) is 32.4 Å². The Morgan fingerprint density at radius 2 is 1.83 bits per heavy atom. The van der Waals surface area contributed by atoms with Gasteiger partial charge < -0.3 is 15.4 Å². The molecule has 0 saturated heterocycles. The van der Waals surface area contributed by atoms with E-state index in [4.69, 9.17) is 4.74 Å². The molecule has 0 bridgehead atoms. The fourth-order valence-electron chi connectivity index (χ4n) is 1.57. The summed E-state index contributed by atoms with van der Waals surface area (Å²) in [4.78, 5) is 11.7. The number of rotatable bonds is 6. The summed E-state index contributed by atoms with van der Waals surface area (Å²) in [5, 5.41) is 6.04. The van der Waals surface area contributed by atoms with Gasteiger partial charge in [0.1, 0.15) is 5.75 Å². The number of benzene rings is 1. The molecule has 1 rings (SSSR count). The Morgan fingerprint density at radius 1 is 1.22 bits per heavy atom. The molecule has 1 aromatic rings. The number of carbonyl (C=O) groups is 1. The third-order valence-electron chi connectivity index (χ3n) is 2.66. The van der Waals surface area contributed by atoms with E-state index in [0.29, 0.717) is 12.6 Å². The standard InChI is InChI=1S/C14H22N2O2/c1-10(2)15-9-14(17)16-11(3)12-5-7-13(18-4)8-6-12/h5-8,10-11,15H,9H2,1-4H3,(H,16,17)/t11-/m0/s1. The summed E-state index contributed by atoms with van der Waals surface area (Å²) in [5.74, 6) is 0.825. The molecule has 1 amide bonds. The van der Waals surface area contributed by atoms with Gasteiger partial charge in [-0.2, -0.15) is 0 Å². The number of amides is 1. The maximum Gasteiger partial charge on any atom is 0.234 e. The molecule has 0 fully saturated rings. The van der Waals surface area contributed by atoms with Crippen LogP contribution in [0.2, 0.25) is 0 Å². The number of methoxy groups -OCH3 is 1. The molecule has 0 unspecified atom stereocenters. The smallest absolute Gasteiger partial charge is 0.234 e. The lowest BCUT2D eigenvalue weighted by atomic mass is 10.1. The van der Waals surface area contributed by atoms with Gasteiger partial charge in [-0.25, -0.2) is 0 Å². The summed E-state index contributed by atoms with van der Waals surface area (Å²) in [6.07, 6.45) is 0. The van der Waals surface area contributed by atoms with Crippen molar-refractivity contribution in [1.82, 2.24) is 10.6 Å². The number of ether oxygens (including phenoxy) is 1. The Balaban J connectivity index is 2.48. The molecule has 4 heteroatoms. The van der Waals surface area contributed by atoms with Crippen LogP contribution < -0.4 is 15.4 Å². The summed E-state index contributed by atoms with van der Waals surface area (Å²) in [6.45, 7) is 6.34. The van der Waals surface area contributed by atoms with Crippen molar-refractivity contribution in [1.29, 1.82) is 0 Å². The predicted octanol–water partition coefficient (Wildman–Crippen LogP) is 1.87. The van der Waals surface area contributed by atoms with Crippen molar-refractivity contribution in [3.63, 3.8) is 0 Å². The van der Waals surface area contributed by atoms with Gasteiger partial charge in [0.2, 0.25) is 5.91 Å². The van der Waals surface area contributed by atoms with Gasteiger partial charge in [-0.1, -0.05) is 26.0 Å². The highest BCUT2D eigenvalue weighted by Gasteiger charge is 2.09. The van der Waals surface area contributed by atoms with Crippen LogP contribution in [0, 0.1) is 0 Å². The fourth-order valence-corrected chi connectivity index (χ4v) is 1.57. The monoisotopic (exact) mass is 250 g/mol. The zero-order valence-corrected chi connectivity index (χ0v) is 11.5. The minimum atomic E-state index is -0.00244. The molecular formula is C14H22N2O2. The maximum absolute atomic E-state index is 11.7. The first kappa shape index (κ1) is 14.5. The van der Waals surface area contributed by atoms with E-state index in [1.165, 1.54) is 0 Å². The second-order valence-electron chi connectivity index (χ2n) is 4.60. The first-order chi connectivity index (χ1) is 8.52. The van der Waals surface area contributed by atoms with E-state index in [0.717, 1.165) is 11.3 Å². The Bertz CT molecular complexity index is 374. The second kappa shape index (κ2) is 7.01. The molecule has 18 heavy (non-hydrogen) atoms. The van der Waals surface area contributed by atoms with Crippen LogP contribution in [0.5, 0.6) is 5.75 Å². The molecule has 0 aliphatic rings. The Kier molecular flexibility index (Phi) is 5.65. The van der Waals surface area contributed by atoms with Crippen LogP contribution in [0.3, 0.4) is 0 Å². The van der Waals surface area contributed by atoms with Gasteiger partial charge in [-0.05, 0) is 24.6 Å². The first-order valence-corrected chi connectivity index (χ1v) is 6.19. The summed E-state index contributed by atoms with van der Waals surface area (Å²) < 4.78 is 5.10. The molecule has 0 aromatic heterocycles. The first-order valence-electron chi connectivity index (χ1n) is 6.19. The van der Waals surface area contributed by atoms with Gasteiger partial charge in [0.15, 0.2) is 0 Å². The molecule has 0 heterocycles. The van der Waals surface area contributed by atoms with Gasteiger partial charge in [0.05, 0.1) is 19.7 Å². The van der Waals surface area contributed by atoms with Crippen molar-refractivity contribution in [2.45, 2.75) is 32.9 Å². The van der Waals surface area contributed by atoms with Crippen molar-refractivity contribution >= 4 is 5.91 Å². The third kappa shape index (κ3) is 4.75. The van der Waals surface area contributed by atoms with E-state index in [1.807, 2.05) is 45.0 Å². The fraction of sp³-hybridized carbons (Fsp3) is 0.500. The van der Waals surface area contributed by atoms with Crippen molar-refractivity contribution in [2.24, 2.45) is 0 Å². The minimum absolute atomic E-state index is 0.00244. The van der Waals surface area contributed by atoms with Crippen LogP contribution in [0.4, 0.5) is 0 Å². The number of nitrogens with one attached hydrogen (secondary N) is 2. The molecule has 0 aliphatic carbocycles. The topological polar surface area (TPSA) is 50.4 Å². The van der Waals surface area contributed by atoms with E-state index >= 15 is 0 Å². The van der Waals surface area contributed by atoms with E-state index in [9.17, 15) is 4.79 Å². The van der Waals surface area contributed by atoms with E-state index < -0.39 is 0 Å². The Morgan fingerprint density at radius 3 is 2.33 bits per heavy atom.